The summed E-state index contributed by atoms with van der Waals surface area (Å²) in [7, 11) is 1.85. The molecule has 0 saturated heterocycles. The van der Waals surface area contributed by atoms with Crippen molar-refractivity contribution in [2.24, 2.45) is 7.05 Å². The van der Waals surface area contributed by atoms with E-state index in [1.54, 1.807) is 4.68 Å². The first kappa shape index (κ1) is 9.20. The summed E-state index contributed by atoms with van der Waals surface area (Å²) >= 11 is 0. The first-order chi connectivity index (χ1) is 7.81. The molecule has 1 saturated carbocycles. The van der Waals surface area contributed by atoms with Gasteiger partial charge in [-0.2, -0.15) is 10.1 Å². The van der Waals surface area contributed by atoms with Crippen LogP contribution in [-0.4, -0.2) is 31.1 Å². The van der Waals surface area contributed by atoms with Gasteiger partial charge in [-0.05, 0) is 12.8 Å². The molecule has 0 aromatic carbocycles. The highest BCUT2D eigenvalue weighted by Gasteiger charge is 2.24. The maximum Gasteiger partial charge on any atom is 0.235 e. The minimum atomic E-state index is 0.355. The Morgan fingerprint density at radius 3 is 3.12 bits per heavy atom. The van der Waals surface area contributed by atoms with E-state index in [4.69, 9.17) is 4.74 Å². The lowest BCUT2D eigenvalue weighted by atomic mass is 10.6. The van der Waals surface area contributed by atoms with Gasteiger partial charge < -0.3 is 10.1 Å². The standard InChI is InChI=1S/C9H12N6O/c1-15-7(12-9-10-5-11-13-9)4-8(14-15)16-6-2-3-6/h4-6H,2-3H2,1H3,(H2,10,11,12,13). The van der Waals surface area contributed by atoms with Crippen LogP contribution in [0.15, 0.2) is 12.4 Å². The number of ether oxygens (including phenoxy) is 1. The molecule has 84 valence electrons. The van der Waals surface area contributed by atoms with Crippen molar-refractivity contribution in [2.45, 2.75) is 18.9 Å². The Hall–Kier alpha value is -2.05. The molecular weight excluding hydrogens is 208 g/mol. The average Bonchev–Trinajstić information content (AvgIpc) is 2.79. The van der Waals surface area contributed by atoms with E-state index >= 15 is 0 Å². The predicted molar refractivity (Wildman–Crippen MR) is 56.5 cm³/mol. The number of aromatic amines is 1. The number of aromatic nitrogens is 5. The molecule has 1 fully saturated rings. The van der Waals surface area contributed by atoms with E-state index in [9.17, 15) is 0 Å². The maximum atomic E-state index is 5.59. The van der Waals surface area contributed by atoms with Gasteiger partial charge in [0.25, 0.3) is 0 Å². The van der Waals surface area contributed by atoms with Gasteiger partial charge in [0.15, 0.2) is 0 Å². The summed E-state index contributed by atoms with van der Waals surface area (Å²) in [4.78, 5) is 3.98. The summed E-state index contributed by atoms with van der Waals surface area (Å²) in [6, 6.07) is 1.85. The quantitative estimate of drug-likeness (QED) is 0.797. The number of nitrogens with zero attached hydrogens (tertiary/aromatic N) is 4. The Morgan fingerprint density at radius 1 is 1.56 bits per heavy atom. The van der Waals surface area contributed by atoms with E-state index in [0.717, 1.165) is 18.7 Å². The molecule has 0 aliphatic heterocycles. The van der Waals surface area contributed by atoms with Crippen molar-refractivity contribution in [2.75, 3.05) is 5.32 Å². The highest BCUT2D eigenvalue weighted by atomic mass is 16.5. The normalized spacial score (nSPS) is 15.1. The van der Waals surface area contributed by atoms with Crippen LogP contribution in [-0.2, 0) is 7.05 Å². The molecule has 2 aromatic heterocycles. The molecule has 0 radical (unpaired) electrons. The smallest absolute Gasteiger partial charge is 0.235 e. The zero-order valence-corrected chi connectivity index (χ0v) is 8.84. The molecule has 0 atom stereocenters. The van der Waals surface area contributed by atoms with Crippen molar-refractivity contribution in [3.63, 3.8) is 0 Å². The molecule has 16 heavy (non-hydrogen) atoms. The molecule has 2 N–H and O–H groups in total. The van der Waals surface area contributed by atoms with Gasteiger partial charge in [-0.25, -0.2) is 9.78 Å². The largest absolute Gasteiger partial charge is 0.473 e. The number of nitrogens with one attached hydrogen (secondary N) is 2. The number of H-pyrrole nitrogens is 1. The third-order valence-corrected chi connectivity index (χ3v) is 2.33. The third kappa shape index (κ3) is 1.83. The fraction of sp³-hybridized carbons (Fsp3) is 0.444. The lowest BCUT2D eigenvalue weighted by Crippen LogP contribution is -2.00. The fourth-order valence-electron chi connectivity index (χ4n) is 1.36. The molecular formula is C9H12N6O. The molecule has 7 nitrogen and oxygen atoms in total. The number of rotatable bonds is 4. The summed E-state index contributed by atoms with van der Waals surface area (Å²) in [6.07, 6.45) is 4.05. The van der Waals surface area contributed by atoms with Gasteiger partial charge in [-0.15, -0.1) is 5.10 Å². The van der Waals surface area contributed by atoms with E-state index in [-0.39, 0.29) is 0 Å². The van der Waals surface area contributed by atoms with Crippen LogP contribution < -0.4 is 10.1 Å². The summed E-state index contributed by atoms with van der Waals surface area (Å²) in [6.45, 7) is 0. The van der Waals surface area contributed by atoms with Crippen LogP contribution in [0, 0.1) is 0 Å². The summed E-state index contributed by atoms with van der Waals surface area (Å²) in [5.74, 6) is 2.04. The molecule has 3 rings (SSSR count). The van der Waals surface area contributed by atoms with E-state index < -0.39 is 0 Å². The topological polar surface area (TPSA) is 80.7 Å². The van der Waals surface area contributed by atoms with E-state index in [0.29, 0.717) is 17.9 Å². The lowest BCUT2D eigenvalue weighted by Gasteiger charge is -1.99. The average molecular weight is 220 g/mol. The monoisotopic (exact) mass is 220 g/mol. The van der Waals surface area contributed by atoms with Gasteiger partial charge in [0.05, 0.1) is 0 Å². The molecule has 2 heterocycles. The van der Waals surface area contributed by atoms with Gasteiger partial charge in [0, 0.05) is 13.1 Å². The van der Waals surface area contributed by atoms with Crippen molar-refractivity contribution in [3.8, 4) is 5.88 Å². The molecule has 0 spiro atoms. The van der Waals surface area contributed by atoms with Crippen molar-refractivity contribution in [1.29, 1.82) is 0 Å². The van der Waals surface area contributed by atoms with Crippen LogP contribution in [0.3, 0.4) is 0 Å². The Labute approximate surface area is 91.8 Å². The molecule has 1 aliphatic carbocycles. The first-order valence-electron chi connectivity index (χ1n) is 5.14. The SMILES string of the molecule is Cn1nc(OC2CC2)cc1Nc1ncn[nH]1. The number of anilines is 2. The number of hydrogen-bond donors (Lipinski definition) is 2. The molecule has 0 bridgehead atoms. The maximum absolute atomic E-state index is 5.59. The highest BCUT2D eigenvalue weighted by molar-refractivity contribution is 5.49. The summed E-state index contributed by atoms with van der Waals surface area (Å²) in [5, 5.41) is 13.8. The van der Waals surface area contributed by atoms with Gasteiger partial charge in [-0.3, -0.25) is 0 Å². The third-order valence-electron chi connectivity index (χ3n) is 2.33. The van der Waals surface area contributed by atoms with Crippen LogP contribution in [0.4, 0.5) is 11.8 Å². The second-order valence-corrected chi connectivity index (χ2v) is 3.77. The van der Waals surface area contributed by atoms with Crippen molar-refractivity contribution in [1.82, 2.24) is 25.0 Å². The number of hydrogen-bond acceptors (Lipinski definition) is 5. The Morgan fingerprint density at radius 2 is 2.44 bits per heavy atom. The Kier molecular flexibility index (Phi) is 2.02. The van der Waals surface area contributed by atoms with E-state index in [1.807, 2.05) is 13.1 Å². The summed E-state index contributed by atoms with van der Waals surface area (Å²) < 4.78 is 7.30. The van der Waals surface area contributed by atoms with Gasteiger partial charge in [0.1, 0.15) is 18.2 Å². The van der Waals surface area contributed by atoms with Gasteiger partial charge >= 0.3 is 0 Å². The molecule has 2 aromatic rings. The van der Waals surface area contributed by atoms with Crippen molar-refractivity contribution < 1.29 is 4.74 Å². The van der Waals surface area contributed by atoms with E-state index in [2.05, 4.69) is 25.6 Å². The van der Waals surface area contributed by atoms with Crippen LogP contribution >= 0.6 is 0 Å². The van der Waals surface area contributed by atoms with E-state index in [1.165, 1.54) is 6.33 Å². The molecule has 7 heteroatoms. The number of aryl methyl sites for hydroxylation is 1. The second-order valence-electron chi connectivity index (χ2n) is 3.77. The van der Waals surface area contributed by atoms with Crippen molar-refractivity contribution in [3.05, 3.63) is 12.4 Å². The first-order valence-corrected chi connectivity index (χ1v) is 5.14. The minimum Gasteiger partial charge on any atom is -0.473 e. The fourth-order valence-corrected chi connectivity index (χ4v) is 1.36. The minimum absolute atomic E-state index is 0.355. The van der Waals surface area contributed by atoms with Crippen LogP contribution in [0.5, 0.6) is 5.88 Å². The van der Waals surface area contributed by atoms with Gasteiger partial charge in [-0.1, -0.05) is 0 Å². The lowest BCUT2D eigenvalue weighted by molar-refractivity contribution is 0.288. The molecule has 1 aliphatic rings. The second kappa shape index (κ2) is 3.51. The molecule has 0 amide bonds. The predicted octanol–water partition coefficient (Wildman–Crippen LogP) is 0.823. The Balaban J connectivity index is 1.75. The highest BCUT2D eigenvalue weighted by Crippen LogP contribution is 2.27. The molecule has 0 unspecified atom stereocenters. The van der Waals surface area contributed by atoms with Crippen LogP contribution in [0.25, 0.3) is 0 Å². The van der Waals surface area contributed by atoms with Crippen LogP contribution in [0.2, 0.25) is 0 Å². The zero-order chi connectivity index (χ0) is 11.0. The van der Waals surface area contributed by atoms with Crippen molar-refractivity contribution >= 4 is 11.8 Å². The van der Waals surface area contributed by atoms with Gasteiger partial charge in [0.2, 0.25) is 11.8 Å². The van der Waals surface area contributed by atoms with Crippen LogP contribution in [0.1, 0.15) is 12.8 Å². The summed E-state index contributed by atoms with van der Waals surface area (Å²) in [5.41, 5.74) is 0. The Bertz CT molecular complexity index is 472. The zero-order valence-electron chi connectivity index (χ0n) is 8.84.